The van der Waals surface area contributed by atoms with E-state index < -0.39 is 0 Å². The molecule has 16 heteroatoms. The molecule has 0 amide bonds. The lowest BCUT2D eigenvalue weighted by atomic mass is 10.1. The molecule has 0 saturated heterocycles. The quantitative estimate of drug-likeness (QED) is 0.0391. The molecule has 0 spiro atoms. The second-order valence-electron chi connectivity index (χ2n) is 32.0. The third-order valence-electron chi connectivity index (χ3n) is 24.1. The smallest absolute Gasteiger partial charge is 0.244 e. The molecule has 0 saturated carbocycles. The van der Waals surface area contributed by atoms with Gasteiger partial charge in [0.15, 0.2) is 0 Å². The molecular formula is C114H102N10O6+2. The summed E-state index contributed by atoms with van der Waals surface area (Å²) in [6, 6.07) is 120. The number of fused-ring (bicyclic) bond motifs is 6. The van der Waals surface area contributed by atoms with E-state index in [2.05, 4.69) is 378 Å². The maximum atomic E-state index is 5.56. The van der Waals surface area contributed by atoms with E-state index in [-0.39, 0.29) is 0 Å². The van der Waals surface area contributed by atoms with Crippen LogP contribution in [0, 0.1) is 0 Å². The minimum absolute atomic E-state index is 0.689. The molecular weight excluding hydrogens is 1610 g/mol. The first kappa shape index (κ1) is 84.4. The van der Waals surface area contributed by atoms with Crippen LogP contribution in [0.25, 0.3) is 67.5 Å². The van der Waals surface area contributed by atoms with Crippen molar-refractivity contribution < 1.29 is 37.6 Å². The summed E-state index contributed by atoms with van der Waals surface area (Å²) >= 11 is 0. The van der Waals surface area contributed by atoms with E-state index in [1.807, 2.05) is 91.0 Å². The molecule has 4 aromatic heterocycles. The van der Waals surface area contributed by atoms with Crippen LogP contribution in [0.15, 0.2) is 397 Å². The summed E-state index contributed by atoms with van der Waals surface area (Å²) < 4.78 is 47.1. The highest BCUT2D eigenvalue weighted by Crippen LogP contribution is 2.47. The van der Waals surface area contributed by atoms with Crippen LogP contribution in [0.4, 0.5) is 68.2 Å². The van der Waals surface area contributed by atoms with Crippen molar-refractivity contribution in [2.24, 2.45) is 0 Å². The first-order valence-electron chi connectivity index (χ1n) is 43.5. The van der Waals surface area contributed by atoms with Crippen LogP contribution in [-0.4, -0.2) is 60.9 Å². The fourth-order valence-corrected chi connectivity index (χ4v) is 17.2. The van der Waals surface area contributed by atoms with Crippen molar-refractivity contribution in [1.82, 2.24) is 18.3 Å². The number of nitrogens with zero attached hydrogens (tertiary/aromatic N) is 10. The monoisotopic (exact) mass is 1710 g/mol. The summed E-state index contributed by atoms with van der Waals surface area (Å²) in [6.45, 7) is 18.0. The van der Waals surface area contributed by atoms with Gasteiger partial charge in [0, 0.05) is 113 Å². The number of imidazole rings is 2. The van der Waals surface area contributed by atoms with Crippen molar-refractivity contribution in [3.05, 3.63) is 436 Å². The van der Waals surface area contributed by atoms with Crippen molar-refractivity contribution in [1.29, 1.82) is 0 Å². The van der Waals surface area contributed by atoms with Crippen LogP contribution < -0.4 is 57.2 Å². The molecule has 0 N–H and O–H groups in total. The fourth-order valence-electron chi connectivity index (χ4n) is 17.2. The second kappa shape index (κ2) is 38.2. The average molecular weight is 1710 g/mol. The van der Waals surface area contributed by atoms with Gasteiger partial charge in [0.1, 0.15) is 78.9 Å². The summed E-state index contributed by atoms with van der Waals surface area (Å²) in [4.78, 5) is 9.14. The standard InChI is InChI=1S/C60H54N5O4.C54H48N5O2/c1-6-43-7-9-44(10-8-43)39-61-35-36-62(42-61)40-45-11-13-46(14-12-45)41-63-59-33-23-51(64(47-15-25-53(66-2)26-16-47)48-17-27-54(67-3)28-18-48)37-57(59)58-38-52(24-34-60(58)63)65(49-19-29-55(68-4)30-20-49)50-21-31-56(69-5)32-22-50;1-6-39-9-15-42(16-10-39)57(44-21-27-49(60-4)28-22-44)47-25-31-53-51(35-47)52-36-48(58(43-17-11-40(7-2)12-18-43)45-23-29-50(61-5)30-24-45)26-32-54(52)59(53)46-19-13-41(14-20-46)37-56-34-33-55(8-3)38-56/h6-38,42H,1,39-41H2,2-5H3;6-7,9-36,38H,1-2,8,37H2,3-5H3/q2*+1. The zero-order chi connectivity index (χ0) is 89.1. The minimum atomic E-state index is 0.689. The zero-order valence-corrected chi connectivity index (χ0v) is 74.1. The van der Waals surface area contributed by atoms with E-state index in [1.54, 1.807) is 42.7 Å². The number of methoxy groups -OCH3 is 6. The summed E-state index contributed by atoms with van der Waals surface area (Å²) in [5.74, 6) is 4.80. The lowest BCUT2D eigenvalue weighted by Crippen LogP contribution is -2.31. The second-order valence-corrected chi connectivity index (χ2v) is 32.0. The van der Waals surface area contributed by atoms with Crippen molar-refractivity contribution in [2.45, 2.75) is 39.6 Å². The van der Waals surface area contributed by atoms with E-state index in [4.69, 9.17) is 28.4 Å². The molecule has 19 rings (SSSR count). The topological polar surface area (TPSA) is 95.8 Å². The van der Waals surface area contributed by atoms with E-state index in [1.165, 1.54) is 22.3 Å². The van der Waals surface area contributed by atoms with Gasteiger partial charge in [-0.3, -0.25) is 0 Å². The molecule has 0 bridgehead atoms. The normalized spacial score (nSPS) is 11.1. The number of ether oxygens (including phenoxy) is 6. The summed E-state index contributed by atoms with van der Waals surface area (Å²) in [6.07, 6.45) is 18.5. The first-order valence-corrected chi connectivity index (χ1v) is 43.5. The molecule has 0 fully saturated rings. The van der Waals surface area contributed by atoms with Crippen LogP contribution in [-0.2, 0) is 32.7 Å². The summed E-state index contributed by atoms with van der Waals surface area (Å²) in [5, 5.41) is 4.53. The first-order chi connectivity index (χ1) is 63.8. The van der Waals surface area contributed by atoms with Crippen LogP contribution in [0.1, 0.15) is 45.9 Å². The molecule has 19 aromatic rings. The van der Waals surface area contributed by atoms with Gasteiger partial charge in [-0.1, -0.05) is 123 Å². The highest BCUT2D eigenvalue weighted by molar-refractivity contribution is 6.13. The molecule has 0 atom stereocenters. The highest BCUT2D eigenvalue weighted by atomic mass is 16.5. The maximum absolute atomic E-state index is 5.56. The van der Waals surface area contributed by atoms with Gasteiger partial charge >= 0.3 is 0 Å². The predicted molar refractivity (Wildman–Crippen MR) is 533 cm³/mol. The van der Waals surface area contributed by atoms with E-state index >= 15 is 0 Å². The van der Waals surface area contributed by atoms with Gasteiger partial charge in [-0.2, -0.15) is 0 Å². The van der Waals surface area contributed by atoms with Gasteiger partial charge in [-0.15, -0.1) is 0 Å². The molecule has 15 aromatic carbocycles. The molecule has 0 aliphatic carbocycles. The Morgan fingerprint density at radius 1 is 0.269 bits per heavy atom. The SMILES string of the molecule is C=Cc1ccc(C[n+]2ccn(Cc3ccc(Cn4c5ccc(N(c6ccc(OC)cc6)c6ccc(OC)cc6)cc5c5cc(N(c6ccc(OC)cc6)c6ccc(OC)cc6)ccc54)cc3)c2)cc1.C=Cc1ccc(N(c2ccc(OC)cc2)c2ccc3c(c2)c2cc(N(c4ccc(C=C)cc4)c4ccc(OC)cc4)ccc2n3-c2ccc(Cn3cc[n+](CC)c3)cc2)cc1. The van der Waals surface area contributed by atoms with Gasteiger partial charge in [-0.25, -0.2) is 18.3 Å². The highest BCUT2D eigenvalue weighted by Gasteiger charge is 2.25. The molecule has 642 valence electrons. The molecule has 130 heavy (non-hydrogen) atoms. The number of aromatic nitrogens is 6. The molecule has 4 heterocycles. The van der Waals surface area contributed by atoms with Crippen molar-refractivity contribution in [3.8, 4) is 40.2 Å². The van der Waals surface area contributed by atoms with Crippen molar-refractivity contribution in [3.63, 3.8) is 0 Å². The largest absolute Gasteiger partial charge is 0.497 e. The maximum Gasteiger partial charge on any atom is 0.244 e. The molecule has 0 radical (unpaired) electrons. The average Bonchev–Trinajstić information content (AvgIpc) is 1.59. The number of anilines is 12. The number of rotatable bonds is 31. The molecule has 16 nitrogen and oxygen atoms in total. The van der Waals surface area contributed by atoms with Gasteiger partial charge in [0.25, 0.3) is 0 Å². The van der Waals surface area contributed by atoms with Crippen LogP contribution >= 0.6 is 0 Å². The van der Waals surface area contributed by atoms with E-state index in [0.29, 0.717) is 6.54 Å². The van der Waals surface area contributed by atoms with Gasteiger partial charge in [-0.05, 0) is 301 Å². The summed E-state index contributed by atoms with van der Waals surface area (Å²) in [7, 11) is 10.2. The Hall–Kier alpha value is -16.5. The third kappa shape index (κ3) is 18.0. The molecule has 0 aliphatic rings. The van der Waals surface area contributed by atoms with Crippen molar-refractivity contribution >= 4 is 130 Å². The Bertz CT molecular complexity index is 6760. The lowest BCUT2D eigenvalue weighted by molar-refractivity contribution is -0.693. The van der Waals surface area contributed by atoms with Gasteiger partial charge in [0.05, 0.1) is 60.2 Å². The Labute approximate surface area is 759 Å². The molecule has 0 aliphatic heterocycles. The molecule has 0 unspecified atom stereocenters. The van der Waals surface area contributed by atoms with Crippen LogP contribution in [0.5, 0.6) is 34.5 Å². The lowest BCUT2D eigenvalue weighted by Gasteiger charge is -2.26. The Balaban J connectivity index is 0.000000176. The van der Waals surface area contributed by atoms with E-state index in [9.17, 15) is 0 Å². The zero-order valence-electron chi connectivity index (χ0n) is 74.1. The Morgan fingerprint density at radius 2 is 0.515 bits per heavy atom. The Kier molecular flexibility index (Phi) is 24.8. The predicted octanol–water partition coefficient (Wildman–Crippen LogP) is 26.8. The Morgan fingerprint density at radius 3 is 0.808 bits per heavy atom. The summed E-state index contributed by atoms with van der Waals surface area (Å²) in [5.41, 5.74) is 26.0. The van der Waals surface area contributed by atoms with Crippen LogP contribution in [0.3, 0.4) is 0 Å². The minimum Gasteiger partial charge on any atom is -0.497 e. The van der Waals surface area contributed by atoms with E-state index in [0.717, 1.165) is 195 Å². The van der Waals surface area contributed by atoms with Gasteiger partial charge in [0.2, 0.25) is 12.7 Å². The van der Waals surface area contributed by atoms with Gasteiger partial charge < -0.3 is 57.2 Å². The fraction of sp³-hybridized carbons (Fsp3) is 0.105. The number of benzene rings is 15. The number of hydrogen-bond acceptors (Lipinski definition) is 10. The number of hydrogen-bond donors (Lipinski definition) is 0. The number of aryl methyl sites for hydroxylation is 1. The van der Waals surface area contributed by atoms with Crippen LogP contribution in [0.2, 0.25) is 0 Å². The third-order valence-corrected chi connectivity index (χ3v) is 24.1. The van der Waals surface area contributed by atoms with Crippen molar-refractivity contribution in [2.75, 3.05) is 62.3 Å².